The zero-order chi connectivity index (χ0) is 18.4. The number of hydrogen-bond acceptors (Lipinski definition) is 4. The normalized spacial score (nSPS) is 23.3. The number of pyridine rings is 1. The lowest BCUT2D eigenvalue weighted by molar-refractivity contribution is 0.136. The largest absolute Gasteiger partial charge is 0.310 e. The minimum atomic E-state index is -0.149. The van der Waals surface area contributed by atoms with Crippen LogP contribution in [0.3, 0.4) is 0 Å². The van der Waals surface area contributed by atoms with Crippen molar-refractivity contribution in [2.45, 2.75) is 63.8 Å². The maximum Gasteiger partial charge on any atom is 0.254 e. The number of hydrogen-bond donors (Lipinski definition) is 1. The molecular formula is C21H28N4O. The standard InChI is InChI=1S/C21H28N4O/c1-20(2,3)19-23-17-16(18(26)24-19)5-9-21(17)8-4-12-25(14-21)13-15-6-10-22-11-7-15/h6-7,10-11H,4-5,8-9,12-14H2,1-3H3,(H,23,24,26). The van der Waals surface area contributed by atoms with Crippen LogP contribution in [0.15, 0.2) is 29.3 Å². The summed E-state index contributed by atoms with van der Waals surface area (Å²) in [5.41, 5.74) is 3.25. The van der Waals surface area contributed by atoms with Crippen LogP contribution >= 0.6 is 0 Å². The Labute approximate surface area is 154 Å². The van der Waals surface area contributed by atoms with E-state index in [0.717, 1.165) is 62.4 Å². The summed E-state index contributed by atoms with van der Waals surface area (Å²) in [5.74, 6) is 0.814. The fourth-order valence-corrected chi connectivity index (χ4v) is 4.51. The Bertz CT molecular complexity index is 853. The van der Waals surface area contributed by atoms with Crippen molar-refractivity contribution >= 4 is 0 Å². The summed E-state index contributed by atoms with van der Waals surface area (Å²) in [6.07, 6.45) is 7.90. The lowest BCUT2D eigenvalue weighted by Gasteiger charge is -2.40. The number of aromatic nitrogens is 3. The van der Waals surface area contributed by atoms with Crippen molar-refractivity contribution in [2.75, 3.05) is 13.1 Å². The van der Waals surface area contributed by atoms with Gasteiger partial charge in [0.1, 0.15) is 5.82 Å². The van der Waals surface area contributed by atoms with E-state index in [2.05, 4.69) is 47.8 Å². The molecule has 1 fully saturated rings. The highest BCUT2D eigenvalue weighted by molar-refractivity contribution is 5.34. The van der Waals surface area contributed by atoms with Crippen LogP contribution in [-0.2, 0) is 23.8 Å². The zero-order valence-corrected chi connectivity index (χ0v) is 16.0. The van der Waals surface area contributed by atoms with Crippen molar-refractivity contribution in [3.63, 3.8) is 0 Å². The molecule has 1 saturated heterocycles. The molecular weight excluding hydrogens is 324 g/mol. The molecule has 0 aromatic carbocycles. The van der Waals surface area contributed by atoms with Crippen LogP contribution in [0.5, 0.6) is 0 Å². The van der Waals surface area contributed by atoms with Crippen LogP contribution in [0.4, 0.5) is 0 Å². The molecule has 2 aromatic rings. The van der Waals surface area contributed by atoms with E-state index in [4.69, 9.17) is 4.98 Å². The quantitative estimate of drug-likeness (QED) is 0.903. The first-order valence-corrected chi connectivity index (χ1v) is 9.63. The van der Waals surface area contributed by atoms with Crippen molar-refractivity contribution < 1.29 is 0 Å². The highest BCUT2D eigenvalue weighted by Gasteiger charge is 2.45. The second-order valence-corrected chi connectivity index (χ2v) is 8.94. The zero-order valence-electron chi connectivity index (χ0n) is 16.0. The molecule has 5 heteroatoms. The smallest absolute Gasteiger partial charge is 0.254 e. The predicted octanol–water partition coefficient (Wildman–Crippen LogP) is 2.94. The Hall–Kier alpha value is -2.01. The topological polar surface area (TPSA) is 61.9 Å². The Kier molecular flexibility index (Phi) is 4.22. The van der Waals surface area contributed by atoms with Gasteiger partial charge in [-0.05, 0) is 49.9 Å². The van der Waals surface area contributed by atoms with Crippen LogP contribution in [0.25, 0.3) is 0 Å². The Morgan fingerprint density at radius 3 is 2.73 bits per heavy atom. The lowest BCUT2D eigenvalue weighted by Crippen LogP contribution is -2.45. The molecule has 0 radical (unpaired) electrons. The number of piperidine rings is 1. The van der Waals surface area contributed by atoms with E-state index in [1.54, 1.807) is 0 Å². The van der Waals surface area contributed by atoms with Crippen molar-refractivity contribution in [3.8, 4) is 0 Å². The Balaban J connectivity index is 1.66. The van der Waals surface area contributed by atoms with E-state index in [1.165, 1.54) is 5.56 Å². The Morgan fingerprint density at radius 1 is 1.23 bits per heavy atom. The van der Waals surface area contributed by atoms with Crippen molar-refractivity contribution in [1.82, 2.24) is 19.9 Å². The summed E-state index contributed by atoms with van der Waals surface area (Å²) in [5, 5.41) is 0. The molecule has 138 valence electrons. The SMILES string of the molecule is CC(C)(C)c1nc2c(c(=O)[nH]1)CCC21CCCN(Cc2ccncc2)C1. The number of aromatic amines is 1. The lowest BCUT2D eigenvalue weighted by atomic mass is 9.77. The van der Waals surface area contributed by atoms with Gasteiger partial charge in [-0.2, -0.15) is 0 Å². The molecule has 1 unspecified atom stereocenters. The fourth-order valence-electron chi connectivity index (χ4n) is 4.51. The fraction of sp³-hybridized carbons (Fsp3) is 0.571. The van der Waals surface area contributed by atoms with E-state index in [-0.39, 0.29) is 16.4 Å². The second-order valence-electron chi connectivity index (χ2n) is 8.94. The molecule has 5 nitrogen and oxygen atoms in total. The third kappa shape index (κ3) is 3.09. The number of rotatable bonds is 2. The van der Waals surface area contributed by atoms with E-state index >= 15 is 0 Å². The first-order chi connectivity index (χ1) is 12.4. The van der Waals surface area contributed by atoms with Gasteiger partial charge in [0, 0.05) is 41.9 Å². The maximum absolute atomic E-state index is 12.7. The first kappa shape index (κ1) is 17.4. The van der Waals surface area contributed by atoms with E-state index in [1.807, 2.05) is 12.4 Å². The van der Waals surface area contributed by atoms with Gasteiger partial charge < -0.3 is 4.98 Å². The van der Waals surface area contributed by atoms with Gasteiger partial charge in [-0.25, -0.2) is 4.98 Å². The minimum Gasteiger partial charge on any atom is -0.310 e. The van der Waals surface area contributed by atoms with E-state index in [9.17, 15) is 4.79 Å². The van der Waals surface area contributed by atoms with Crippen LogP contribution < -0.4 is 5.56 Å². The monoisotopic (exact) mass is 352 g/mol. The third-order valence-electron chi connectivity index (χ3n) is 5.89. The number of fused-ring (bicyclic) bond motifs is 2. The molecule has 1 aliphatic carbocycles. The average Bonchev–Trinajstić information content (AvgIpc) is 2.94. The van der Waals surface area contributed by atoms with Gasteiger partial charge in [0.25, 0.3) is 5.56 Å². The van der Waals surface area contributed by atoms with E-state index in [0.29, 0.717) is 0 Å². The molecule has 1 N–H and O–H groups in total. The van der Waals surface area contributed by atoms with Crippen molar-refractivity contribution in [1.29, 1.82) is 0 Å². The molecule has 2 aliphatic rings. The highest BCUT2D eigenvalue weighted by atomic mass is 16.1. The molecule has 0 saturated carbocycles. The summed E-state index contributed by atoms with van der Waals surface area (Å²) in [6.45, 7) is 9.35. The molecule has 0 amide bonds. The maximum atomic E-state index is 12.7. The van der Waals surface area contributed by atoms with Gasteiger partial charge in [0.2, 0.25) is 0 Å². The minimum absolute atomic E-state index is 0.0366. The molecule has 26 heavy (non-hydrogen) atoms. The van der Waals surface area contributed by atoms with Gasteiger partial charge >= 0.3 is 0 Å². The number of nitrogens with one attached hydrogen (secondary N) is 1. The van der Waals surface area contributed by atoms with Crippen LogP contribution in [0, 0.1) is 0 Å². The first-order valence-electron chi connectivity index (χ1n) is 9.63. The molecule has 1 spiro atoms. The summed E-state index contributed by atoms with van der Waals surface area (Å²) in [4.78, 5) is 27.3. The van der Waals surface area contributed by atoms with Crippen LogP contribution in [0.2, 0.25) is 0 Å². The summed E-state index contributed by atoms with van der Waals surface area (Å²) >= 11 is 0. The predicted molar refractivity (Wildman–Crippen MR) is 102 cm³/mol. The van der Waals surface area contributed by atoms with Crippen molar-refractivity contribution in [2.24, 2.45) is 0 Å². The summed E-state index contributed by atoms with van der Waals surface area (Å²) in [7, 11) is 0. The molecule has 4 rings (SSSR count). The third-order valence-corrected chi connectivity index (χ3v) is 5.89. The number of H-pyrrole nitrogens is 1. The summed E-state index contributed by atoms with van der Waals surface area (Å²) in [6, 6.07) is 4.18. The highest BCUT2D eigenvalue weighted by Crippen LogP contribution is 2.43. The summed E-state index contributed by atoms with van der Waals surface area (Å²) < 4.78 is 0. The van der Waals surface area contributed by atoms with Crippen molar-refractivity contribution in [3.05, 3.63) is 57.5 Å². The molecule has 1 aliphatic heterocycles. The molecule has 0 bridgehead atoms. The van der Waals surface area contributed by atoms with Gasteiger partial charge in [-0.15, -0.1) is 0 Å². The average molecular weight is 352 g/mol. The van der Waals surface area contributed by atoms with Gasteiger partial charge in [-0.1, -0.05) is 20.8 Å². The van der Waals surface area contributed by atoms with Gasteiger partial charge in [-0.3, -0.25) is 14.7 Å². The Morgan fingerprint density at radius 2 is 2.00 bits per heavy atom. The van der Waals surface area contributed by atoms with Gasteiger partial charge in [0.05, 0.1) is 5.69 Å². The van der Waals surface area contributed by atoms with Crippen LogP contribution in [0.1, 0.15) is 62.7 Å². The molecule has 3 heterocycles. The molecule has 1 atom stereocenters. The van der Waals surface area contributed by atoms with Gasteiger partial charge in [0.15, 0.2) is 0 Å². The second kappa shape index (κ2) is 6.31. The number of likely N-dealkylation sites (tertiary alicyclic amines) is 1. The number of nitrogens with zero attached hydrogens (tertiary/aromatic N) is 3. The van der Waals surface area contributed by atoms with Crippen LogP contribution in [-0.4, -0.2) is 32.9 Å². The molecule has 2 aromatic heterocycles. The van der Waals surface area contributed by atoms with E-state index < -0.39 is 0 Å².